The van der Waals surface area contributed by atoms with Crippen LogP contribution in [0.1, 0.15) is 5.56 Å². The van der Waals surface area contributed by atoms with Crippen molar-refractivity contribution in [3.63, 3.8) is 0 Å². The van der Waals surface area contributed by atoms with Crippen molar-refractivity contribution in [2.75, 3.05) is 27.6 Å². The molecule has 9 heteroatoms. The Morgan fingerprint density at radius 1 is 1.11 bits per heavy atom. The van der Waals surface area contributed by atoms with E-state index in [1.54, 1.807) is 32.4 Å². The molecule has 3 rings (SSSR count). The molecule has 0 radical (unpaired) electrons. The molecule has 1 heterocycles. The fourth-order valence-corrected chi connectivity index (χ4v) is 3.69. The molecule has 1 aliphatic heterocycles. The molecule has 2 aromatic rings. The molecule has 0 unspecified atom stereocenters. The van der Waals surface area contributed by atoms with Crippen molar-refractivity contribution < 1.29 is 17.9 Å². The molecule has 27 heavy (non-hydrogen) atoms. The Morgan fingerprint density at radius 2 is 1.85 bits per heavy atom. The Kier molecular flexibility index (Phi) is 5.82. The molecule has 0 aliphatic carbocycles. The molecule has 0 saturated carbocycles. The van der Waals surface area contributed by atoms with E-state index in [2.05, 4.69) is 15.0 Å². The normalized spacial score (nSPS) is 14.8. The van der Waals surface area contributed by atoms with Gasteiger partial charge in [-0.2, -0.15) is 0 Å². The number of guanidine groups is 1. The summed E-state index contributed by atoms with van der Waals surface area (Å²) in [6.07, 6.45) is 0. The van der Waals surface area contributed by atoms with Gasteiger partial charge in [-0.15, -0.1) is 0 Å². The van der Waals surface area contributed by atoms with E-state index < -0.39 is 10.0 Å². The van der Waals surface area contributed by atoms with E-state index in [1.807, 2.05) is 23.1 Å². The highest BCUT2D eigenvalue weighted by Crippen LogP contribution is 2.28. The predicted molar refractivity (Wildman–Crippen MR) is 102 cm³/mol. The summed E-state index contributed by atoms with van der Waals surface area (Å²) in [5, 5.41) is 3.00. The van der Waals surface area contributed by atoms with Crippen LogP contribution in [0.3, 0.4) is 0 Å². The van der Waals surface area contributed by atoms with Crippen LogP contribution in [-0.4, -0.2) is 46.8 Å². The topological polar surface area (TPSA) is 92.3 Å². The second-order valence-electron chi connectivity index (χ2n) is 5.92. The lowest BCUT2D eigenvalue weighted by atomic mass is 10.2. The molecule has 0 amide bonds. The van der Waals surface area contributed by atoms with E-state index in [-0.39, 0.29) is 10.9 Å². The fourth-order valence-electron chi connectivity index (χ4n) is 2.66. The van der Waals surface area contributed by atoms with Crippen LogP contribution >= 0.6 is 0 Å². The highest BCUT2D eigenvalue weighted by atomic mass is 32.2. The molecule has 0 saturated heterocycles. The molecule has 0 bridgehead atoms. The van der Waals surface area contributed by atoms with Crippen molar-refractivity contribution in [1.29, 1.82) is 0 Å². The van der Waals surface area contributed by atoms with Crippen molar-refractivity contribution in [3.8, 4) is 11.5 Å². The molecular weight excluding hydrogens is 368 g/mol. The maximum Gasteiger partial charge on any atom is 0.264 e. The number of rotatable bonds is 6. The third-order valence-electron chi connectivity index (χ3n) is 4.04. The largest absolute Gasteiger partial charge is 0.493 e. The number of sulfonamides is 1. The van der Waals surface area contributed by atoms with E-state index in [1.165, 1.54) is 12.1 Å². The van der Waals surface area contributed by atoms with Gasteiger partial charge in [-0.3, -0.25) is 4.90 Å². The van der Waals surface area contributed by atoms with Crippen LogP contribution in [0.25, 0.3) is 0 Å². The summed E-state index contributed by atoms with van der Waals surface area (Å²) in [5.74, 6) is 1.58. The Labute approximate surface area is 158 Å². The quantitative estimate of drug-likeness (QED) is 0.774. The number of methoxy groups -OCH3 is 2. The highest BCUT2D eigenvalue weighted by molar-refractivity contribution is 7.90. The number of hydrogen-bond donors (Lipinski definition) is 2. The minimum atomic E-state index is -3.65. The van der Waals surface area contributed by atoms with Crippen LogP contribution in [0.4, 0.5) is 0 Å². The summed E-state index contributed by atoms with van der Waals surface area (Å²) in [6.45, 7) is 1.47. The minimum Gasteiger partial charge on any atom is -0.493 e. The van der Waals surface area contributed by atoms with Crippen LogP contribution in [0.15, 0.2) is 58.4 Å². The third kappa shape index (κ3) is 4.69. The van der Waals surface area contributed by atoms with Gasteiger partial charge in [0.05, 0.1) is 32.5 Å². The van der Waals surface area contributed by atoms with Gasteiger partial charge in [0, 0.05) is 6.54 Å². The molecule has 1 aliphatic rings. The van der Waals surface area contributed by atoms with Gasteiger partial charge < -0.3 is 14.8 Å². The third-order valence-corrected chi connectivity index (χ3v) is 5.39. The average Bonchev–Trinajstić information content (AvgIpc) is 2.70. The summed E-state index contributed by atoms with van der Waals surface area (Å²) in [7, 11) is -0.452. The summed E-state index contributed by atoms with van der Waals surface area (Å²) in [5.41, 5.74) is 1.04. The van der Waals surface area contributed by atoms with Crippen molar-refractivity contribution in [2.24, 2.45) is 4.99 Å². The molecule has 2 aromatic carbocycles. The summed E-state index contributed by atoms with van der Waals surface area (Å²) < 4.78 is 37.7. The lowest BCUT2D eigenvalue weighted by Crippen LogP contribution is -2.49. The van der Waals surface area contributed by atoms with Crippen molar-refractivity contribution in [2.45, 2.75) is 11.4 Å². The number of benzene rings is 2. The Bertz CT molecular complexity index is 916. The van der Waals surface area contributed by atoms with Gasteiger partial charge in [0.25, 0.3) is 10.0 Å². The van der Waals surface area contributed by atoms with E-state index in [4.69, 9.17) is 9.47 Å². The van der Waals surface area contributed by atoms with Gasteiger partial charge in [0.2, 0.25) is 5.96 Å². The summed E-state index contributed by atoms with van der Waals surface area (Å²) >= 11 is 0. The maximum absolute atomic E-state index is 12.3. The zero-order valence-corrected chi connectivity index (χ0v) is 16.0. The molecule has 0 fully saturated rings. The molecule has 0 aromatic heterocycles. The maximum atomic E-state index is 12.3. The first kappa shape index (κ1) is 19.0. The van der Waals surface area contributed by atoms with E-state index in [0.29, 0.717) is 31.4 Å². The fraction of sp³-hybridized carbons (Fsp3) is 0.278. The van der Waals surface area contributed by atoms with E-state index in [9.17, 15) is 8.42 Å². The smallest absolute Gasteiger partial charge is 0.264 e. The molecule has 0 atom stereocenters. The number of ether oxygens (including phenoxy) is 2. The van der Waals surface area contributed by atoms with Crippen LogP contribution in [0.5, 0.6) is 11.5 Å². The second-order valence-corrected chi connectivity index (χ2v) is 7.60. The van der Waals surface area contributed by atoms with Crippen LogP contribution in [0, 0.1) is 0 Å². The monoisotopic (exact) mass is 390 g/mol. The number of nitrogens with zero attached hydrogens (tertiary/aromatic N) is 2. The van der Waals surface area contributed by atoms with Crippen LogP contribution in [0.2, 0.25) is 0 Å². The lowest BCUT2D eigenvalue weighted by Gasteiger charge is -2.27. The standard InChI is InChI=1S/C18H22N4O4S/c1-25-16-9-8-14(10-17(16)26-2)11-22-12-19-18(20-13-22)21-27(23,24)15-6-4-3-5-7-15/h3-10H,11-13H2,1-2H3,(H2,19,20,21). The highest BCUT2D eigenvalue weighted by Gasteiger charge is 2.19. The molecule has 144 valence electrons. The lowest BCUT2D eigenvalue weighted by molar-refractivity contribution is 0.254. The first-order valence-electron chi connectivity index (χ1n) is 8.31. The van der Waals surface area contributed by atoms with Gasteiger partial charge in [-0.05, 0) is 29.8 Å². The number of aliphatic imine (C=N–C) groups is 1. The van der Waals surface area contributed by atoms with Crippen LogP contribution < -0.4 is 19.5 Å². The first-order valence-corrected chi connectivity index (χ1v) is 9.79. The SMILES string of the molecule is COc1ccc(CN2CN=C(NS(=O)(=O)c3ccccc3)NC2)cc1OC. The zero-order valence-electron chi connectivity index (χ0n) is 15.2. The number of nitrogens with one attached hydrogen (secondary N) is 2. The van der Waals surface area contributed by atoms with Crippen LogP contribution in [-0.2, 0) is 16.6 Å². The van der Waals surface area contributed by atoms with E-state index >= 15 is 0 Å². The zero-order chi connectivity index (χ0) is 19.3. The van der Waals surface area contributed by atoms with Crippen molar-refractivity contribution in [3.05, 3.63) is 54.1 Å². The van der Waals surface area contributed by atoms with Gasteiger partial charge in [-0.1, -0.05) is 24.3 Å². The Balaban J connectivity index is 1.62. The average molecular weight is 390 g/mol. The van der Waals surface area contributed by atoms with Crippen molar-refractivity contribution >= 4 is 16.0 Å². The summed E-state index contributed by atoms with van der Waals surface area (Å²) in [6, 6.07) is 13.9. The van der Waals surface area contributed by atoms with Gasteiger partial charge in [-0.25, -0.2) is 18.1 Å². The molecule has 0 spiro atoms. The van der Waals surface area contributed by atoms with Gasteiger partial charge >= 0.3 is 0 Å². The van der Waals surface area contributed by atoms with Gasteiger partial charge in [0.1, 0.15) is 0 Å². The predicted octanol–water partition coefficient (Wildman–Crippen LogP) is 1.36. The van der Waals surface area contributed by atoms with Gasteiger partial charge in [0.15, 0.2) is 11.5 Å². The number of hydrogen-bond acceptors (Lipinski definition) is 7. The Hall–Kier alpha value is -2.78. The first-order chi connectivity index (χ1) is 13.0. The molecule has 8 nitrogen and oxygen atoms in total. The Morgan fingerprint density at radius 3 is 2.48 bits per heavy atom. The molecule has 2 N–H and O–H groups in total. The minimum absolute atomic E-state index is 0.197. The van der Waals surface area contributed by atoms with E-state index in [0.717, 1.165) is 5.56 Å². The second kappa shape index (κ2) is 8.28. The summed E-state index contributed by atoms with van der Waals surface area (Å²) in [4.78, 5) is 6.51. The van der Waals surface area contributed by atoms with Crippen molar-refractivity contribution in [1.82, 2.24) is 14.9 Å². The molecular formula is C18H22N4O4S.